The molecule has 0 atom stereocenters. The summed E-state index contributed by atoms with van der Waals surface area (Å²) >= 11 is 0. The Morgan fingerprint density at radius 3 is 1.93 bits per heavy atom. The summed E-state index contributed by atoms with van der Waals surface area (Å²) in [6.45, 7) is 18.6. The van der Waals surface area contributed by atoms with Crippen molar-refractivity contribution in [2.45, 2.75) is 47.6 Å². The van der Waals surface area contributed by atoms with Crippen molar-refractivity contribution < 1.29 is 0 Å². The first-order valence-electron chi connectivity index (χ1n) is 6.11. The molecule has 0 radical (unpaired) electrons. The summed E-state index contributed by atoms with van der Waals surface area (Å²) in [5.74, 6) is 0. The predicted octanol–water partition coefficient (Wildman–Crippen LogP) is 2.35. The molecule has 1 aliphatic rings. The van der Waals surface area contributed by atoms with Gasteiger partial charge in [0.25, 0.3) is 0 Å². The molecule has 0 aromatic heterocycles. The molecular weight excluding hydrogens is 184 g/mol. The molecule has 0 bridgehead atoms. The van der Waals surface area contributed by atoms with Crippen LogP contribution in [0.15, 0.2) is 0 Å². The minimum atomic E-state index is 0.407. The maximum absolute atomic E-state index is 3.63. The van der Waals surface area contributed by atoms with Crippen molar-refractivity contribution in [3.8, 4) is 0 Å². The van der Waals surface area contributed by atoms with Crippen LogP contribution in [0.4, 0.5) is 0 Å². The lowest BCUT2D eigenvalue weighted by atomic mass is 9.92. The van der Waals surface area contributed by atoms with Crippen molar-refractivity contribution in [2.24, 2.45) is 10.8 Å². The molecule has 0 spiro atoms. The van der Waals surface area contributed by atoms with Gasteiger partial charge in [-0.3, -0.25) is 4.90 Å². The molecule has 1 saturated heterocycles. The quantitative estimate of drug-likeness (QED) is 0.772. The van der Waals surface area contributed by atoms with Gasteiger partial charge in [-0.05, 0) is 10.8 Å². The van der Waals surface area contributed by atoms with Crippen molar-refractivity contribution in [3.63, 3.8) is 0 Å². The molecule has 0 aromatic rings. The van der Waals surface area contributed by atoms with Crippen LogP contribution in [-0.4, -0.2) is 37.1 Å². The Bertz CT molecular complexity index is 192. The average molecular weight is 212 g/mol. The lowest BCUT2D eigenvalue weighted by Crippen LogP contribution is -2.60. The van der Waals surface area contributed by atoms with Gasteiger partial charge in [-0.15, -0.1) is 0 Å². The van der Waals surface area contributed by atoms with E-state index in [1.54, 1.807) is 0 Å². The molecule has 1 fully saturated rings. The fourth-order valence-corrected chi connectivity index (χ4v) is 1.95. The normalized spacial score (nSPS) is 20.4. The standard InChI is InChI=1S/C13H28N2/c1-12(2,3)9-14-11-7-15(8-11)10-13(4,5)6/h11,14H,7-10H2,1-6H3. The van der Waals surface area contributed by atoms with E-state index in [1.165, 1.54) is 19.6 Å². The van der Waals surface area contributed by atoms with Crippen LogP contribution in [-0.2, 0) is 0 Å². The number of hydrogen-bond acceptors (Lipinski definition) is 2. The van der Waals surface area contributed by atoms with Crippen LogP contribution in [0.1, 0.15) is 41.5 Å². The molecule has 0 aromatic carbocycles. The maximum Gasteiger partial charge on any atom is 0.0322 e. The first-order chi connectivity index (χ1) is 6.66. The van der Waals surface area contributed by atoms with E-state index in [-0.39, 0.29) is 0 Å². The number of hydrogen-bond donors (Lipinski definition) is 1. The fourth-order valence-electron chi connectivity index (χ4n) is 1.95. The zero-order valence-electron chi connectivity index (χ0n) is 11.4. The topological polar surface area (TPSA) is 15.3 Å². The lowest BCUT2D eigenvalue weighted by molar-refractivity contribution is 0.0812. The van der Waals surface area contributed by atoms with Crippen LogP contribution in [0.3, 0.4) is 0 Å². The third-order valence-corrected chi connectivity index (χ3v) is 2.58. The van der Waals surface area contributed by atoms with E-state index in [0.717, 1.165) is 12.6 Å². The Morgan fingerprint density at radius 2 is 1.53 bits per heavy atom. The number of likely N-dealkylation sites (tertiary alicyclic amines) is 1. The van der Waals surface area contributed by atoms with E-state index in [1.807, 2.05) is 0 Å². The minimum absolute atomic E-state index is 0.407. The summed E-state index contributed by atoms with van der Waals surface area (Å²) in [7, 11) is 0. The molecule has 0 amide bonds. The Morgan fingerprint density at radius 1 is 1.00 bits per heavy atom. The smallest absolute Gasteiger partial charge is 0.0322 e. The summed E-state index contributed by atoms with van der Waals surface area (Å²) in [6, 6.07) is 0.728. The van der Waals surface area contributed by atoms with Crippen molar-refractivity contribution >= 4 is 0 Å². The zero-order valence-corrected chi connectivity index (χ0v) is 11.4. The minimum Gasteiger partial charge on any atom is -0.311 e. The van der Waals surface area contributed by atoms with Gasteiger partial charge >= 0.3 is 0 Å². The molecule has 0 aliphatic carbocycles. The highest BCUT2D eigenvalue weighted by Gasteiger charge is 2.29. The number of rotatable bonds is 3. The van der Waals surface area contributed by atoms with E-state index >= 15 is 0 Å². The van der Waals surface area contributed by atoms with Crippen molar-refractivity contribution in [1.29, 1.82) is 0 Å². The summed E-state index contributed by atoms with van der Waals surface area (Å²) in [4.78, 5) is 2.54. The Kier molecular flexibility index (Phi) is 3.83. The summed E-state index contributed by atoms with van der Waals surface area (Å²) in [5.41, 5.74) is 0.847. The highest BCUT2D eigenvalue weighted by Crippen LogP contribution is 2.20. The van der Waals surface area contributed by atoms with E-state index in [4.69, 9.17) is 0 Å². The predicted molar refractivity (Wildman–Crippen MR) is 67.1 cm³/mol. The van der Waals surface area contributed by atoms with Crippen LogP contribution in [0, 0.1) is 10.8 Å². The second-order valence-corrected chi connectivity index (χ2v) is 7.39. The fraction of sp³-hybridized carbons (Fsp3) is 1.00. The van der Waals surface area contributed by atoms with E-state index in [0.29, 0.717) is 10.8 Å². The molecule has 1 N–H and O–H groups in total. The zero-order chi connectivity index (χ0) is 11.7. The van der Waals surface area contributed by atoms with Gasteiger partial charge < -0.3 is 5.32 Å². The monoisotopic (exact) mass is 212 g/mol. The van der Waals surface area contributed by atoms with Crippen LogP contribution in [0.5, 0.6) is 0 Å². The summed E-state index contributed by atoms with van der Waals surface area (Å²) in [6.07, 6.45) is 0. The number of nitrogens with one attached hydrogen (secondary N) is 1. The molecule has 0 saturated carbocycles. The van der Waals surface area contributed by atoms with Gasteiger partial charge in [0, 0.05) is 32.2 Å². The van der Waals surface area contributed by atoms with Gasteiger partial charge in [0.15, 0.2) is 0 Å². The van der Waals surface area contributed by atoms with Crippen LogP contribution < -0.4 is 5.32 Å². The highest BCUT2D eigenvalue weighted by atomic mass is 15.2. The molecule has 90 valence electrons. The van der Waals surface area contributed by atoms with Gasteiger partial charge in [0.05, 0.1) is 0 Å². The molecule has 0 unspecified atom stereocenters. The Balaban J connectivity index is 2.11. The van der Waals surface area contributed by atoms with Crippen molar-refractivity contribution in [1.82, 2.24) is 10.2 Å². The maximum atomic E-state index is 3.63. The largest absolute Gasteiger partial charge is 0.311 e. The molecule has 1 heterocycles. The summed E-state index contributed by atoms with van der Waals surface area (Å²) < 4.78 is 0. The van der Waals surface area contributed by atoms with Gasteiger partial charge in [-0.1, -0.05) is 41.5 Å². The van der Waals surface area contributed by atoms with E-state index in [2.05, 4.69) is 51.8 Å². The van der Waals surface area contributed by atoms with E-state index < -0.39 is 0 Å². The van der Waals surface area contributed by atoms with E-state index in [9.17, 15) is 0 Å². The molecular formula is C13H28N2. The molecule has 2 heteroatoms. The first kappa shape index (κ1) is 13.0. The lowest BCUT2D eigenvalue weighted by Gasteiger charge is -2.43. The Hall–Kier alpha value is -0.0800. The van der Waals surface area contributed by atoms with Crippen molar-refractivity contribution in [3.05, 3.63) is 0 Å². The van der Waals surface area contributed by atoms with Crippen molar-refractivity contribution in [2.75, 3.05) is 26.2 Å². The molecule has 1 aliphatic heterocycles. The van der Waals surface area contributed by atoms with Gasteiger partial charge in [0.2, 0.25) is 0 Å². The van der Waals surface area contributed by atoms with Crippen LogP contribution in [0.2, 0.25) is 0 Å². The third-order valence-electron chi connectivity index (χ3n) is 2.58. The second-order valence-electron chi connectivity index (χ2n) is 7.39. The van der Waals surface area contributed by atoms with Crippen LogP contribution in [0.25, 0.3) is 0 Å². The van der Waals surface area contributed by atoms with Gasteiger partial charge in [-0.25, -0.2) is 0 Å². The average Bonchev–Trinajstić information content (AvgIpc) is 1.89. The Labute approximate surface area is 95.4 Å². The first-order valence-corrected chi connectivity index (χ1v) is 6.11. The number of nitrogens with zero attached hydrogens (tertiary/aromatic N) is 1. The molecule has 1 rings (SSSR count). The molecule has 15 heavy (non-hydrogen) atoms. The summed E-state index contributed by atoms with van der Waals surface area (Å²) in [5, 5.41) is 3.63. The highest BCUT2D eigenvalue weighted by molar-refractivity contribution is 4.88. The SMILES string of the molecule is CC(C)(C)CNC1CN(CC(C)(C)C)C1. The van der Waals surface area contributed by atoms with Crippen LogP contribution >= 0.6 is 0 Å². The third kappa shape index (κ3) is 5.53. The van der Waals surface area contributed by atoms with Gasteiger partial charge in [0.1, 0.15) is 0 Å². The molecule has 2 nitrogen and oxygen atoms in total. The second kappa shape index (κ2) is 4.42. The van der Waals surface area contributed by atoms with Gasteiger partial charge in [-0.2, -0.15) is 0 Å².